The molecular weight excluding hydrogens is 264 g/mol. The SMILES string of the molecule is CCNC(=NCC(C1CC1)N(C)C)NC1CCC(O)CC1. The molecule has 3 N–H and O–H groups in total. The summed E-state index contributed by atoms with van der Waals surface area (Å²) in [5, 5.41) is 16.5. The minimum atomic E-state index is -0.101. The van der Waals surface area contributed by atoms with E-state index in [0.717, 1.165) is 50.7 Å². The van der Waals surface area contributed by atoms with Gasteiger partial charge in [-0.25, -0.2) is 0 Å². The molecule has 0 aliphatic heterocycles. The molecule has 0 amide bonds. The molecule has 2 aliphatic rings. The van der Waals surface area contributed by atoms with Crippen molar-refractivity contribution in [3.63, 3.8) is 0 Å². The molecule has 0 radical (unpaired) electrons. The van der Waals surface area contributed by atoms with Crippen molar-refractivity contribution in [3.8, 4) is 0 Å². The zero-order valence-electron chi connectivity index (χ0n) is 13.8. The molecule has 1 atom stereocenters. The molecule has 122 valence electrons. The first kappa shape index (κ1) is 16.6. The van der Waals surface area contributed by atoms with Crippen molar-refractivity contribution in [3.05, 3.63) is 0 Å². The smallest absolute Gasteiger partial charge is 0.191 e. The van der Waals surface area contributed by atoms with Gasteiger partial charge in [0.25, 0.3) is 0 Å². The van der Waals surface area contributed by atoms with Gasteiger partial charge >= 0.3 is 0 Å². The lowest BCUT2D eigenvalue weighted by Crippen LogP contribution is -2.46. The van der Waals surface area contributed by atoms with Gasteiger partial charge < -0.3 is 20.6 Å². The van der Waals surface area contributed by atoms with Crippen molar-refractivity contribution in [2.24, 2.45) is 10.9 Å². The maximum Gasteiger partial charge on any atom is 0.191 e. The van der Waals surface area contributed by atoms with Crippen LogP contribution in [0.15, 0.2) is 4.99 Å². The Labute approximate surface area is 129 Å². The quantitative estimate of drug-likeness (QED) is 0.509. The van der Waals surface area contributed by atoms with Gasteiger partial charge in [-0.15, -0.1) is 0 Å². The minimum absolute atomic E-state index is 0.101. The number of likely N-dealkylation sites (N-methyl/N-ethyl adjacent to an activating group) is 1. The third kappa shape index (κ3) is 5.47. The van der Waals surface area contributed by atoms with Crippen LogP contribution in [0.5, 0.6) is 0 Å². The van der Waals surface area contributed by atoms with Gasteiger partial charge in [0.15, 0.2) is 5.96 Å². The molecule has 0 aromatic heterocycles. The van der Waals surface area contributed by atoms with Crippen molar-refractivity contribution in [1.29, 1.82) is 0 Å². The number of aliphatic hydroxyl groups excluding tert-OH is 1. The van der Waals surface area contributed by atoms with Crippen molar-refractivity contribution in [2.75, 3.05) is 27.2 Å². The van der Waals surface area contributed by atoms with E-state index in [1.165, 1.54) is 12.8 Å². The number of guanidine groups is 1. The van der Waals surface area contributed by atoms with E-state index < -0.39 is 0 Å². The molecule has 0 aromatic rings. The van der Waals surface area contributed by atoms with Gasteiger partial charge in [-0.3, -0.25) is 4.99 Å². The Morgan fingerprint density at radius 2 is 1.86 bits per heavy atom. The number of nitrogens with one attached hydrogen (secondary N) is 2. The largest absolute Gasteiger partial charge is 0.393 e. The molecule has 2 fully saturated rings. The topological polar surface area (TPSA) is 59.9 Å². The lowest BCUT2D eigenvalue weighted by Gasteiger charge is -2.28. The van der Waals surface area contributed by atoms with E-state index in [1.54, 1.807) is 0 Å². The molecule has 0 heterocycles. The van der Waals surface area contributed by atoms with Crippen LogP contribution in [-0.2, 0) is 0 Å². The maximum absolute atomic E-state index is 9.59. The van der Waals surface area contributed by atoms with Gasteiger partial charge in [-0.05, 0) is 65.5 Å². The van der Waals surface area contributed by atoms with Crippen molar-refractivity contribution in [1.82, 2.24) is 15.5 Å². The second-order valence-electron chi connectivity index (χ2n) is 6.74. The highest BCUT2D eigenvalue weighted by Crippen LogP contribution is 2.34. The van der Waals surface area contributed by atoms with Crippen molar-refractivity contribution < 1.29 is 5.11 Å². The normalized spacial score (nSPS) is 28.5. The predicted molar refractivity (Wildman–Crippen MR) is 87.6 cm³/mol. The molecule has 0 saturated heterocycles. The monoisotopic (exact) mass is 296 g/mol. The van der Waals surface area contributed by atoms with E-state index in [2.05, 4.69) is 36.6 Å². The number of hydrogen-bond acceptors (Lipinski definition) is 3. The van der Waals surface area contributed by atoms with Crippen LogP contribution in [0.25, 0.3) is 0 Å². The number of nitrogens with zero attached hydrogens (tertiary/aromatic N) is 2. The Morgan fingerprint density at radius 3 is 2.38 bits per heavy atom. The number of rotatable bonds is 6. The lowest BCUT2D eigenvalue weighted by molar-refractivity contribution is 0.120. The molecule has 5 nitrogen and oxygen atoms in total. The Kier molecular flexibility index (Phi) is 6.30. The van der Waals surface area contributed by atoms with Gasteiger partial charge in [0.1, 0.15) is 0 Å². The first-order valence-corrected chi connectivity index (χ1v) is 8.49. The van der Waals surface area contributed by atoms with E-state index >= 15 is 0 Å². The zero-order valence-corrected chi connectivity index (χ0v) is 13.8. The molecule has 1 unspecified atom stereocenters. The van der Waals surface area contributed by atoms with E-state index in [0.29, 0.717) is 12.1 Å². The van der Waals surface area contributed by atoms with Gasteiger partial charge in [-0.2, -0.15) is 0 Å². The first-order chi connectivity index (χ1) is 10.1. The molecule has 2 aliphatic carbocycles. The summed E-state index contributed by atoms with van der Waals surface area (Å²) in [6, 6.07) is 1.01. The van der Waals surface area contributed by atoms with Crippen molar-refractivity contribution in [2.45, 2.75) is 63.6 Å². The van der Waals surface area contributed by atoms with Gasteiger partial charge in [0.2, 0.25) is 0 Å². The summed E-state index contributed by atoms with van der Waals surface area (Å²) in [6.45, 7) is 3.85. The van der Waals surface area contributed by atoms with Crippen LogP contribution in [0, 0.1) is 5.92 Å². The maximum atomic E-state index is 9.59. The summed E-state index contributed by atoms with van der Waals surface area (Å²) in [7, 11) is 4.31. The average Bonchev–Trinajstić information content (AvgIpc) is 3.26. The highest BCUT2D eigenvalue weighted by atomic mass is 16.3. The Balaban J connectivity index is 1.86. The fraction of sp³-hybridized carbons (Fsp3) is 0.938. The molecule has 0 aromatic carbocycles. The summed E-state index contributed by atoms with van der Waals surface area (Å²) in [4.78, 5) is 7.11. The first-order valence-electron chi connectivity index (χ1n) is 8.49. The number of aliphatic hydroxyl groups is 1. The Hall–Kier alpha value is -0.810. The molecule has 0 bridgehead atoms. The molecule has 5 heteroatoms. The molecule has 2 saturated carbocycles. The lowest BCUT2D eigenvalue weighted by atomic mass is 9.93. The molecule has 2 rings (SSSR count). The highest BCUT2D eigenvalue weighted by molar-refractivity contribution is 5.80. The fourth-order valence-corrected chi connectivity index (χ4v) is 3.13. The third-order valence-corrected chi connectivity index (χ3v) is 4.65. The van der Waals surface area contributed by atoms with E-state index in [4.69, 9.17) is 4.99 Å². The summed E-state index contributed by atoms with van der Waals surface area (Å²) < 4.78 is 0. The summed E-state index contributed by atoms with van der Waals surface area (Å²) in [5.41, 5.74) is 0. The minimum Gasteiger partial charge on any atom is -0.393 e. The molecule has 0 spiro atoms. The van der Waals surface area contributed by atoms with Crippen LogP contribution in [0.3, 0.4) is 0 Å². The van der Waals surface area contributed by atoms with E-state index in [-0.39, 0.29) is 6.10 Å². The fourth-order valence-electron chi connectivity index (χ4n) is 3.13. The molecular formula is C16H32N4O. The highest BCUT2D eigenvalue weighted by Gasteiger charge is 2.32. The number of hydrogen-bond donors (Lipinski definition) is 3. The Bertz CT molecular complexity index is 331. The van der Waals surface area contributed by atoms with Crippen LogP contribution in [-0.4, -0.2) is 61.3 Å². The third-order valence-electron chi connectivity index (χ3n) is 4.65. The second kappa shape index (κ2) is 7.99. The van der Waals surface area contributed by atoms with Gasteiger partial charge in [0.05, 0.1) is 12.6 Å². The Morgan fingerprint density at radius 1 is 1.19 bits per heavy atom. The van der Waals surface area contributed by atoms with Gasteiger partial charge in [0, 0.05) is 18.6 Å². The van der Waals surface area contributed by atoms with Crippen LogP contribution in [0.4, 0.5) is 0 Å². The summed E-state index contributed by atoms with van der Waals surface area (Å²) >= 11 is 0. The predicted octanol–water partition coefficient (Wildman–Crippen LogP) is 1.19. The van der Waals surface area contributed by atoms with E-state index in [9.17, 15) is 5.11 Å². The van der Waals surface area contributed by atoms with Crippen molar-refractivity contribution >= 4 is 5.96 Å². The average molecular weight is 296 g/mol. The standard InChI is InChI=1S/C16H32N4O/c1-4-17-16(19-13-7-9-14(21)10-8-13)18-11-15(20(2)3)12-5-6-12/h12-15,21H,4-11H2,1-3H3,(H2,17,18,19). The van der Waals surface area contributed by atoms with Crippen LogP contribution < -0.4 is 10.6 Å². The van der Waals surface area contributed by atoms with Crippen LogP contribution in [0.1, 0.15) is 45.4 Å². The van der Waals surface area contributed by atoms with Gasteiger partial charge in [-0.1, -0.05) is 0 Å². The van der Waals surface area contributed by atoms with E-state index in [1.807, 2.05) is 0 Å². The number of aliphatic imine (C=N–C) groups is 1. The van der Waals surface area contributed by atoms with Crippen LogP contribution >= 0.6 is 0 Å². The summed E-state index contributed by atoms with van der Waals surface area (Å²) in [5.74, 6) is 1.77. The summed E-state index contributed by atoms with van der Waals surface area (Å²) in [6.07, 6.45) is 6.47. The second-order valence-corrected chi connectivity index (χ2v) is 6.74. The zero-order chi connectivity index (χ0) is 15.2. The molecule has 21 heavy (non-hydrogen) atoms. The van der Waals surface area contributed by atoms with Crippen LogP contribution in [0.2, 0.25) is 0 Å².